The van der Waals surface area contributed by atoms with E-state index in [0.717, 1.165) is 0 Å². The number of hydrogen-bond donors (Lipinski definition) is 0. The standard InChI is InChI=1S/C19H34O6Si/c1-12(2)26(13(3)4,14(5)6)23-11-18-19(25-16(8)21)17(9-10-22-18)24-15(7)20/h9-10,12-14,17-19H,11H2,1-8H3/t17-,18+,19-/m0/s1. The third kappa shape index (κ3) is 5.33. The summed E-state index contributed by atoms with van der Waals surface area (Å²) in [5, 5.41) is 0. The summed E-state index contributed by atoms with van der Waals surface area (Å²) in [6.45, 7) is 16.2. The van der Waals surface area contributed by atoms with Gasteiger partial charge in [-0.1, -0.05) is 41.5 Å². The fraction of sp³-hybridized carbons (Fsp3) is 0.789. The van der Waals surface area contributed by atoms with Crippen LogP contribution in [0.25, 0.3) is 0 Å². The highest BCUT2D eigenvalue weighted by atomic mass is 28.4. The number of rotatable bonds is 8. The molecule has 26 heavy (non-hydrogen) atoms. The Morgan fingerprint density at radius 3 is 1.88 bits per heavy atom. The van der Waals surface area contributed by atoms with Gasteiger partial charge in [0.05, 0.1) is 12.9 Å². The van der Waals surface area contributed by atoms with Gasteiger partial charge in [0.15, 0.2) is 18.3 Å². The molecule has 1 rings (SSSR count). The van der Waals surface area contributed by atoms with E-state index in [1.165, 1.54) is 20.1 Å². The van der Waals surface area contributed by atoms with Crippen molar-refractivity contribution in [3.05, 3.63) is 12.3 Å². The molecule has 0 aromatic rings. The first kappa shape index (κ1) is 22.7. The van der Waals surface area contributed by atoms with E-state index in [1.807, 2.05) is 0 Å². The largest absolute Gasteiger partial charge is 0.492 e. The predicted molar refractivity (Wildman–Crippen MR) is 102 cm³/mol. The minimum atomic E-state index is -2.09. The van der Waals surface area contributed by atoms with Gasteiger partial charge in [0.2, 0.25) is 8.32 Å². The number of ether oxygens (including phenoxy) is 3. The maximum absolute atomic E-state index is 11.5. The van der Waals surface area contributed by atoms with E-state index in [0.29, 0.717) is 23.2 Å². The second kappa shape index (κ2) is 9.55. The SMILES string of the molecule is CC(=O)O[C@H]1[C@@H](OC(C)=O)C=CO[C@@H]1CO[Si](C(C)C)(C(C)C)C(C)C. The molecule has 1 aliphatic heterocycles. The van der Waals surface area contributed by atoms with Crippen molar-refractivity contribution in [3.8, 4) is 0 Å². The molecular weight excluding hydrogens is 352 g/mol. The summed E-state index contributed by atoms with van der Waals surface area (Å²) in [6, 6.07) is 0. The molecule has 6 nitrogen and oxygen atoms in total. The van der Waals surface area contributed by atoms with E-state index in [1.54, 1.807) is 6.08 Å². The Morgan fingerprint density at radius 1 is 0.962 bits per heavy atom. The van der Waals surface area contributed by atoms with Gasteiger partial charge in [0.1, 0.15) is 0 Å². The van der Waals surface area contributed by atoms with Crippen LogP contribution in [0.5, 0.6) is 0 Å². The first-order valence-corrected chi connectivity index (χ1v) is 11.5. The molecule has 0 bridgehead atoms. The second-order valence-corrected chi connectivity index (χ2v) is 13.2. The van der Waals surface area contributed by atoms with Crippen LogP contribution in [0, 0.1) is 0 Å². The van der Waals surface area contributed by atoms with Crippen LogP contribution in [0.15, 0.2) is 12.3 Å². The van der Waals surface area contributed by atoms with E-state index in [-0.39, 0.29) is 0 Å². The van der Waals surface area contributed by atoms with Gasteiger partial charge in [-0.25, -0.2) is 0 Å². The van der Waals surface area contributed by atoms with Crippen molar-refractivity contribution in [3.63, 3.8) is 0 Å². The Kier molecular flexibility index (Phi) is 8.34. The quantitative estimate of drug-likeness (QED) is 0.464. The van der Waals surface area contributed by atoms with Crippen molar-refractivity contribution in [1.82, 2.24) is 0 Å². The van der Waals surface area contributed by atoms with Crippen LogP contribution >= 0.6 is 0 Å². The molecule has 0 radical (unpaired) electrons. The number of carbonyl (C=O) groups is 2. The number of carbonyl (C=O) groups excluding carboxylic acids is 2. The van der Waals surface area contributed by atoms with Crippen LogP contribution in [0.4, 0.5) is 0 Å². The highest BCUT2D eigenvalue weighted by Crippen LogP contribution is 2.42. The summed E-state index contributed by atoms with van der Waals surface area (Å²) >= 11 is 0. The Hall–Kier alpha value is -1.34. The lowest BCUT2D eigenvalue weighted by Gasteiger charge is -2.44. The van der Waals surface area contributed by atoms with Crippen molar-refractivity contribution < 1.29 is 28.2 Å². The van der Waals surface area contributed by atoms with Crippen LogP contribution in [0.2, 0.25) is 16.6 Å². The third-order valence-corrected chi connectivity index (χ3v) is 11.1. The summed E-state index contributed by atoms with van der Waals surface area (Å²) in [6.07, 6.45) is 1.16. The molecule has 0 saturated carbocycles. The maximum atomic E-state index is 11.5. The molecule has 0 aromatic carbocycles. The maximum Gasteiger partial charge on any atom is 0.303 e. The number of hydrogen-bond acceptors (Lipinski definition) is 6. The van der Waals surface area contributed by atoms with Gasteiger partial charge in [-0.3, -0.25) is 9.59 Å². The van der Waals surface area contributed by atoms with Gasteiger partial charge < -0.3 is 18.6 Å². The zero-order valence-electron chi connectivity index (χ0n) is 17.3. The van der Waals surface area contributed by atoms with Crippen molar-refractivity contribution in [2.24, 2.45) is 0 Å². The molecule has 1 aliphatic rings. The van der Waals surface area contributed by atoms with Crippen molar-refractivity contribution in [2.75, 3.05) is 6.61 Å². The van der Waals surface area contributed by atoms with Gasteiger partial charge in [0, 0.05) is 13.8 Å². The number of esters is 2. The minimum Gasteiger partial charge on any atom is -0.492 e. The van der Waals surface area contributed by atoms with Crippen LogP contribution in [0.3, 0.4) is 0 Å². The summed E-state index contributed by atoms with van der Waals surface area (Å²) in [5.74, 6) is -0.884. The molecule has 1 heterocycles. The van der Waals surface area contributed by atoms with Crippen molar-refractivity contribution in [1.29, 1.82) is 0 Å². The first-order valence-electron chi connectivity index (χ1n) is 9.32. The Balaban J connectivity index is 3.01. The van der Waals surface area contributed by atoms with Gasteiger partial charge in [-0.2, -0.15) is 0 Å². The molecule has 0 amide bonds. The zero-order valence-corrected chi connectivity index (χ0v) is 18.3. The lowest BCUT2D eigenvalue weighted by Crippen LogP contribution is -2.53. The molecule has 0 N–H and O–H groups in total. The highest BCUT2D eigenvalue weighted by molar-refractivity contribution is 6.77. The Bertz CT molecular complexity index is 492. The summed E-state index contributed by atoms with van der Waals surface area (Å²) in [4.78, 5) is 22.9. The van der Waals surface area contributed by atoms with E-state index >= 15 is 0 Å². The van der Waals surface area contributed by atoms with E-state index in [4.69, 9.17) is 18.6 Å². The van der Waals surface area contributed by atoms with Gasteiger partial charge in [-0.15, -0.1) is 0 Å². The monoisotopic (exact) mass is 386 g/mol. The second-order valence-electron chi connectivity index (χ2n) is 7.78. The minimum absolute atomic E-state index is 0.292. The molecular formula is C19H34O6Si. The fourth-order valence-corrected chi connectivity index (χ4v) is 9.57. The molecule has 0 fully saturated rings. The van der Waals surface area contributed by atoms with Crippen molar-refractivity contribution in [2.45, 2.75) is 90.3 Å². The Labute approximate surface area is 158 Å². The van der Waals surface area contributed by atoms with Crippen molar-refractivity contribution >= 4 is 20.3 Å². The summed E-state index contributed by atoms with van der Waals surface area (Å²) < 4.78 is 22.9. The molecule has 7 heteroatoms. The average Bonchev–Trinajstić information content (AvgIpc) is 2.48. The zero-order chi connectivity index (χ0) is 20.1. The fourth-order valence-electron chi connectivity index (χ4n) is 4.12. The van der Waals surface area contributed by atoms with E-state index in [2.05, 4.69) is 41.5 Å². The lowest BCUT2D eigenvalue weighted by molar-refractivity contribution is -0.175. The van der Waals surface area contributed by atoms with Gasteiger partial charge in [0.25, 0.3) is 0 Å². The molecule has 150 valence electrons. The van der Waals surface area contributed by atoms with E-state index in [9.17, 15) is 9.59 Å². The molecule has 0 unspecified atom stereocenters. The molecule has 0 aromatic heterocycles. The first-order chi connectivity index (χ1) is 12.0. The average molecular weight is 387 g/mol. The molecule has 0 aliphatic carbocycles. The van der Waals surface area contributed by atoms with Gasteiger partial charge in [-0.05, 0) is 22.7 Å². The van der Waals surface area contributed by atoms with E-state index < -0.39 is 38.6 Å². The normalized spacial score (nSPS) is 23.3. The Morgan fingerprint density at radius 2 is 1.46 bits per heavy atom. The smallest absolute Gasteiger partial charge is 0.303 e. The summed E-state index contributed by atoms with van der Waals surface area (Å²) in [5.41, 5.74) is 1.29. The third-order valence-electron chi connectivity index (χ3n) is 5.02. The molecule has 0 spiro atoms. The topological polar surface area (TPSA) is 71.1 Å². The summed E-state index contributed by atoms with van der Waals surface area (Å²) in [7, 11) is -2.09. The van der Waals surface area contributed by atoms with Crippen LogP contribution < -0.4 is 0 Å². The molecule has 3 atom stereocenters. The van der Waals surface area contributed by atoms with Crippen LogP contribution in [0.1, 0.15) is 55.4 Å². The van der Waals surface area contributed by atoms with Crippen LogP contribution in [-0.2, 0) is 28.2 Å². The lowest BCUT2D eigenvalue weighted by atomic mass is 10.1. The predicted octanol–water partition coefficient (Wildman–Crippen LogP) is 3.95. The van der Waals surface area contributed by atoms with Gasteiger partial charge >= 0.3 is 11.9 Å². The molecule has 0 saturated heterocycles. The van der Waals surface area contributed by atoms with Crippen LogP contribution in [-0.4, -0.2) is 45.2 Å². The highest BCUT2D eigenvalue weighted by Gasteiger charge is 2.47.